The first-order valence-electron chi connectivity index (χ1n) is 8.82. The van der Waals surface area contributed by atoms with Gasteiger partial charge in [-0.3, -0.25) is 9.59 Å². The third-order valence-corrected chi connectivity index (χ3v) is 4.12. The van der Waals surface area contributed by atoms with Crippen LogP contribution < -0.4 is 4.74 Å². The van der Waals surface area contributed by atoms with Gasteiger partial charge in [-0.1, -0.05) is 19.8 Å². The second kappa shape index (κ2) is 10.1. The van der Waals surface area contributed by atoms with Crippen molar-refractivity contribution in [3.05, 3.63) is 29.8 Å². The molecule has 0 aromatic heterocycles. The number of hydrogen-bond donors (Lipinski definition) is 0. The molecule has 1 aromatic rings. The van der Waals surface area contributed by atoms with Crippen molar-refractivity contribution < 1.29 is 19.1 Å². The van der Waals surface area contributed by atoms with Crippen molar-refractivity contribution in [2.24, 2.45) is 0 Å². The van der Waals surface area contributed by atoms with Crippen LogP contribution in [0.2, 0.25) is 0 Å². The van der Waals surface area contributed by atoms with E-state index in [1.165, 1.54) is 6.42 Å². The highest BCUT2D eigenvalue weighted by molar-refractivity contribution is 5.98. The predicted octanol–water partition coefficient (Wildman–Crippen LogP) is 3.08. The quantitative estimate of drug-likeness (QED) is 0.515. The lowest BCUT2D eigenvalue weighted by molar-refractivity contribution is -0.135. The second-order valence-electron chi connectivity index (χ2n) is 6.00. The van der Waals surface area contributed by atoms with Gasteiger partial charge in [0.15, 0.2) is 5.78 Å². The molecule has 132 valence electrons. The summed E-state index contributed by atoms with van der Waals surface area (Å²) < 4.78 is 10.9. The molecule has 1 aliphatic rings. The number of ether oxygens (including phenoxy) is 2. The van der Waals surface area contributed by atoms with E-state index in [4.69, 9.17) is 9.47 Å². The number of rotatable bonds is 9. The summed E-state index contributed by atoms with van der Waals surface area (Å²) >= 11 is 0. The van der Waals surface area contributed by atoms with Crippen LogP contribution in [0.25, 0.3) is 0 Å². The Morgan fingerprint density at radius 1 is 1.08 bits per heavy atom. The number of benzene rings is 1. The van der Waals surface area contributed by atoms with Crippen LogP contribution in [-0.4, -0.2) is 49.5 Å². The summed E-state index contributed by atoms with van der Waals surface area (Å²) in [7, 11) is 0. The summed E-state index contributed by atoms with van der Waals surface area (Å²) in [5.74, 6) is 0.809. The standard InChI is InChI=1S/C19H27NO4/c1-2-3-4-13-24-17-7-5-16(6-8-17)18(21)9-10-19(22)20-11-14-23-15-12-20/h5-8H,2-4,9-15H2,1H3. The molecule has 1 fully saturated rings. The van der Waals surface area contributed by atoms with Crippen LogP contribution in [0.5, 0.6) is 5.75 Å². The Labute approximate surface area is 143 Å². The molecule has 0 bridgehead atoms. The maximum atomic E-state index is 12.2. The highest BCUT2D eigenvalue weighted by Crippen LogP contribution is 2.15. The van der Waals surface area contributed by atoms with Crippen LogP contribution in [0.15, 0.2) is 24.3 Å². The van der Waals surface area contributed by atoms with E-state index in [-0.39, 0.29) is 24.5 Å². The Hall–Kier alpha value is -1.88. The van der Waals surface area contributed by atoms with Gasteiger partial charge in [-0.25, -0.2) is 0 Å². The van der Waals surface area contributed by atoms with E-state index in [9.17, 15) is 9.59 Å². The fraction of sp³-hybridized carbons (Fsp3) is 0.579. The van der Waals surface area contributed by atoms with E-state index in [1.807, 2.05) is 12.1 Å². The highest BCUT2D eigenvalue weighted by Gasteiger charge is 2.18. The topological polar surface area (TPSA) is 55.8 Å². The number of unbranched alkanes of at least 4 members (excludes halogenated alkanes) is 2. The van der Waals surface area contributed by atoms with E-state index < -0.39 is 0 Å². The lowest BCUT2D eigenvalue weighted by Gasteiger charge is -2.26. The number of Topliss-reactive ketones (excluding diaryl/α,β-unsaturated/α-hetero) is 1. The molecule has 0 unspecified atom stereocenters. The smallest absolute Gasteiger partial charge is 0.223 e. The van der Waals surface area contributed by atoms with Crippen molar-refractivity contribution in [1.82, 2.24) is 4.90 Å². The van der Waals surface area contributed by atoms with Gasteiger partial charge < -0.3 is 14.4 Å². The van der Waals surface area contributed by atoms with Gasteiger partial charge in [-0.05, 0) is 30.7 Å². The summed E-state index contributed by atoms with van der Waals surface area (Å²) in [6.45, 7) is 5.27. The molecule has 0 radical (unpaired) electrons. The van der Waals surface area contributed by atoms with Gasteiger partial charge in [-0.15, -0.1) is 0 Å². The molecule has 1 amide bonds. The van der Waals surface area contributed by atoms with Gasteiger partial charge >= 0.3 is 0 Å². The van der Waals surface area contributed by atoms with Crippen molar-refractivity contribution >= 4 is 11.7 Å². The molecule has 1 aliphatic heterocycles. The van der Waals surface area contributed by atoms with Crippen LogP contribution >= 0.6 is 0 Å². The molecule has 0 aliphatic carbocycles. The molecule has 1 heterocycles. The summed E-state index contributed by atoms with van der Waals surface area (Å²) in [6.07, 6.45) is 3.87. The minimum atomic E-state index is -0.00542. The molecule has 2 rings (SSSR count). The lowest BCUT2D eigenvalue weighted by Crippen LogP contribution is -2.40. The third kappa shape index (κ3) is 5.96. The van der Waals surface area contributed by atoms with Gasteiger partial charge in [0.2, 0.25) is 5.91 Å². The largest absolute Gasteiger partial charge is 0.494 e. The summed E-state index contributed by atoms with van der Waals surface area (Å²) in [6, 6.07) is 7.19. The molecular formula is C19H27NO4. The predicted molar refractivity (Wildman–Crippen MR) is 92.4 cm³/mol. The zero-order valence-corrected chi connectivity index (χ0v) is 14.5. The van der Waals surface area contributed by atoms with Gasteiger partial charge in [0.25, 0.3) is 0 Å². The first kappa shape index (κ1) is 18.5. The zero-order chi connectivity index (χ0) is 17.2. The number of ketones is 1. The van der Waals surface area contributed by atoms with E-state index >= 15 is 0 Å². The molecule has 1 saturated heterocycles. The average molecular weight is 333 g/mol. The fourth-order valence-corrected chi connectivity index (χ4v) is 2.61. The second-order valence-corrected chi connectivity index (χ2v) is 6.00. The fourth-order valence-electron chi connectivity index (χ4n) is 2.61. The lowest BCUT2D eigenvalue weighted by atomic mass is 10.1. The van der Waals surface area contributed by atoms with Crippen LogP contribution in [-0.2, 0) is 9.53 Å². The van der Waals surface area contributed by atoms with Crippen LogP contribution in [0.3, 0.4) is 0 Å². The van der Waals surface area contributed by atoms with Gasteiger partial charge in [0.05, 0.1) is 19.8 Å². The molecule has 5 nitrogen and oxygen atoms in total. The van der Waals surface area contributed by atoms with Crippen molar-refractivity contribution in [2.75, 3.05) is 32.9 Å². The summed E-state index contributed by atoms with van der Waals surface area (Å²) in [4.78, 5) is 26.0. The maximum Gasteiger partial charge on any atom is 0.223 e. The van der Waals surface area contributed by atoms with E-state index in [0.717, 1.165) is 18.6 Å². The van der Waals surface area contributed by atoms with Gasteiger partial charge in [-0.2, -0.15) is 0 Å². The van der Waals surface area contributed by atoms with Crippen LogP contribution in [0.4, 0.5) is 0 Å². The minimum absolute atomic E-state index is 0.00542. The summed E-state index contributed by atoms with van der Waals surface area (Å²) in [5, 5.41) is 0. The zero-order valence-electron chi connectivity index (χ0n) is 14.5. The van der Waals surface area contributed by atoms with E-state index in [1.54, 1.807) is 17.0 Å². The Morgan fingerprint density at radius 3 is 2.46 bits per heavy atom. The molecule has 0 atom stereocenters. The molecular weight excluding hydrogens is 306 g/mol. The van der Waals surface area contributed by atoms with Crippen molar-refractivity contribution in [2.45, 2.75) is 39.0 Å². The Bertz CT molecular complexity index is 521. The first-order valence-corrected chi connectivity index (χ1v) is 8.82. The molecule has 0 spiro atoms. The minimum Gasteiger partial charge on any atom is -0.494 e. The Kier molecular flexibility index (Phi) is 7.75. The van der Waals surface area contributed by atoms with Gasteiger partial charge in [0, 0.05) is 31.5 Å². The average Bonchev–Trinajstić information content (AvgIpc) is 2.64. The molecule has 5 heteroatoms. The SMILES string of the molecule is CCCCCOc1ccc(C(=O)CCC(=O)N2CCOCC2)cc1. The third-order valence-electron chi connectivity index (χ3n) is 4.12. The Balaban J connectivity index is 1.74. The number of hydrogen-bond acceptors (Lipinski definition) is 4. The van der Waals surface area contributed by atoms with Crippen molar-refractivity contribution in [1.29, 1.82) is 0 Å². The molecule has 0 saturated carbocycles. The first-order chi connectivity index (χ1) is 11.7. The van der Waals surface area contributed by atoms with Crippen LogP contribution in [0, 0.1) is 0 Å². The number of amides is 1. The highest BCUT2D eigenvalue weighted by atomic mass is 16.5. The molecule has 1 aromatic carbocycles. The number of morpholine rings is 1. The Morgan fingerprint density at radius 2 is 1.79 bits per heavy atom. The van der Waals surface area contributed by atoms with Crippen LogP contribution in [0.1, 0.15) is 49.4 Å². The van der Waals surface area contributed by atoms with Crippen molar-refractivity contribution in [3.63, 3.8) is 0 Å². The number of carbonyl (C=O) groups is 2. The number of nitrogens with zero attached hydrogens (tertiary/aromatic N) is 1. The van der Waals surface area contributed by atoms with E-state index in [0.29, 0.717) is 38.5 Å². The van der Waals surface area contributed by atoms with E-state index in [2.05, 4.69) is 6.92 Å². The molecule has 24 heavy (non-hydrogen) atoms. The van der Waals surface area contributed by atoms with Crippen molar-refractivity contribution in [3.8, 4) is 5.75 Å². The monoisotopic (exact) mass is 333 g/mol. The summed E-state index contributed by atoms with van der Waals surface area (Å²) in [5.41, 5.74) is 0.630. The van der Waals surface area contributed by atoms with Gasteiger partial charge in [0.1, 0.15) is 5.75 Å². The number of carbonyl (C=O) groups excluding carboxylic acids is 2. The maximum absolute atomic E-state index is 12.2. The normalized spacial score (nSPS) is 14.5. The molecule has 0 N–H and O–H groups in total.